The second-order valence-corrected chi connectivity index (χ2v) is 7.94. The number of carbonyl (C=O) groups excluding carboxylic acids is 1. The van der Waals surface area contributed by atoms with E-state index in [0.717, 1.165) is 11.8 Å². The fourth-order valence-electron chi connectivity index (χ4n) is 2.97. The van der Waals surface area contributed by atoms with Gasteiger partial charge in [0.1, 0.15) is 17.2 Å². The summed E-state index contributed by atoms with van der Waals surface area (Å²) in [5.74, 6) is -0.730. The summed E-state index contributed by atoms with van der Waals surface area (Å²) < 4.78 is 30.8. The van der Waals surface area contributed by atoms with Crippen molar-refractivity contribution in [1.29, 1.82) is 0 Å². The number of rotatable bonds is 7. The van der Waals surface area contributed by atoms with Crippen LogP contribution in [0.1, 0.15) is 18.4 Å². The minimum atomic E-state index is -1.37. The third-order valence-electron chi connectivity index (χ3n) is 4.50. The zero-order valence-electron chi connectivity index (χ0n) is 15.4. The summed E-state index contributed by atoms with van der Waals surface area (Å²) in [6, 6.07) is 8.71. The van der Waals surface area contributed by atoms with Crippen LogP contribution in [-0.4, -0.2) is 45.5 Å². The molecule has 7 nitrogen and oxygen atoms in total. The van der Waals surface area contributed by atoms with E-state index in [4.69, 9.17) is 15.3 Å². The van der Waals surface area contributed by atoms with Crippen molar-refractivity contribution in [3.05, 3.63) is 47.9 Å². The molecule has 2 unspecified atom stereocenters. The second kappa shape index (κ2) is 8.47. The summed E-state index contributed by atoms with van der Waals surface area (Å²) in [4.78, 5) is 20.6. The van der Waals surface area contributed by atoms with E-state index in [1.165, 1.54) is 19.4 Å². The van der Waals surface area contributed by atoms with E-state index in [1.807, 2.05) is 12.1 Å². The van der Waals surface area contributed by atoms with Crippen molar-refractivity contribution in [3.8, 4) is 17.0 Å². The number of amides is 1. The molecule has 2 aromatic rings. The molecule has 1 aromatic carbocycles. The lowest BCUT2D eigenvalue weighted by Gasteiger charge is -2.14. The Morgan fingerprint density at radius 2 is 2.07 bits per heavy atom. The predicted molar refractivity (Wildman–Crippen MR) is 104 cm³/mol. The number of aromatic nitrogens is 1. The molecule has 0 fully saturated rings. The van der Waals surface area contributed by atoms with Crippen LogP contribution in [0.3, 0.4) is 0 Å². The van der Waals surface area contributed by atoms with Gasteiger partial charge >= 0.3 is 0 Å². The van der Waals surface area contributed by atoms with E-state index >= 15 is 0 Å². The Hall–Kier alpha value is -2.81. The number of nitrogens with zero attached hydrogens (tertiary/aromatic N) is 2. The van der Waals surface area contributed by atoms with Gasteiger partial charge in [0.15, 0.2) is 0 Å². The molecule has 1 aliphatic rings. The first-order valence-electron chi connectivity index (χ1n) is 8.53. The average Bonchev–Trinajstić information content (AvgIpc) is 3.15. The molecule has 1 aromatic heterocycles. The molecule has 1 amide bonds. The molecular weight excluding hydrogens is 385 g/mol. The summed E-state index contributed by atoms with van der Waals surface area (Å²) in [6.45, 7) is 0. The lowest BCUT2D eigenvalue weighted by Crippen LogP contribution is -2.35. The Kier molecular flexibility index (Phi) is 6.03. The summed E-state index contributed by atoms with van der Waals surface area (Å²) in [6.07, 6.45) is 2.91. The summed E-state index contributed by atoms with van der Waals surface area (Å²) >= 11 is 0. The van der Waals surface area contributed by atoms with Gasteiger partial charge in [0.2, 0.25) is 11.8 Å². The van der Waals surface area contributed by atoms with Gasteiger partial charge < -0.3 is 15.3 Å². The van der Waals surface area contributed by atoms with Crippen molar-refractivity contribution in [2.75, 3.05) is 13.4 Å². The molecule has 1 aliphatic heterocycles. The topological polar surface area (TPSA) is 104 Å². The van der Waals surface area contributed by atoms with Crippen LogP contribution in [-0.2, 0) is 20.4 Å². The second-order valence-electron chi connectivity index (χ2n) is 6.38. The highest BCUT2D eigenvalue weighted by molar-refractivity contribution is 7.85. The van der Waals surface area contributed by atoms with Gasteiger partial charge in [0, 0.05) is 41.5 Å². The van der Waals surface area contributed by atoms with Crippen LogP contribution in [0.4, 0.5) is 4.39 Å². The van der Waals surface area contributed by atoms with Crippen LogP contribution in [0.25, 0.3) is 11.1 Å². The van der Waals surface area contributed by atoms with Crippen LogP contribution in [0.15, 0.2) is 41.7 Å². The third kappa shape index (κ3) is 4.36. The monoisotopic (exact) mass is 405 g/mol. The Morgan fingerprint density at radius 1 is 1.39 bits per heavy atom. The average molecular weight is 405 g/mol. The third-order valence-corrected chi connectivity index (χ3v) is 5.72. The van der Waals surface area contributed by atoms with Crippen molar-refractivity contribution < 1.29 is 23.0 Å². The molecule has 9 heteroatoms. The first-order valence-corrected chi connectivity index (χ1v) is 10.2. The van der Waals surface area contributed by atoms with Crippen LogP contribution in [0, 0.1) is 5.82 Å². The molecule has 2 N–H and O–H groups in total. The minimum Gasteiger partial charge on any atom is -0.481 e. The van der Waals surface area contributed by atoms with E-state index in [9.17, 15) is 13.4 Å². The minimum absolute atomic E-state index is 0.242. The van der Waals surface area contributed by atoms with Crippen molar-refractivity contribution in [2.45, 2.75) is 24.2 Å². The maximum absolute atomic E-state index is 14.1. The normalized spacial score (nSPS) is 18.1. The van der Waals surface area contributed by atoms with Gasteiger partial charge in [-0.1, -0.05) is 29.4 Å². The SMILES string of the molecule is COc1cc(-c2ccc(C3=NO[C@@H](CC(C(N)=O)S(C)=O)C3)cc2)c(F)cn1. The molecule has 0 aliphatic carbocycles. The number of hydrogen-bond acceptors (Lipinski definition) is 6. The Labute approximate surface area is 164 Å². The smallest absolute Gasteiger partial charge is 0.233 e. The van der Waals surface area contributed by atoms with E-state index in [1.54, 1.807) is 12.1 Å². The quantitative estimate of drug-likeness (QED) is 0.759. The Balaban J connectivity index is 1.71. The van der Waals surface area contributed by atoms with Crippen molar-refractivity contribution >= 4 is 22.4 Å². The van der Waals surface area contributed by atoms with Crippen LogP contribution in [0.2, 0.25) is 0 Å². The summed E-state index contributed by atoms with van der Waals surface area (Å²) in [7, 11) is 0.0999. The molecule has 0 radical (unpaired) electrons. The number of halogens is 1. The Morgan fingerprint density at radius 3 is 2.68 bits per heavy atom. The van der Waals surface area contributed by atoms with Crippen molar-refractivity contribution in [3.63, 3.8) is 0 Å². The number of benzene rings is 1. The molecule has 148 valence electrons. The predicted octanol–water partition coefficient (Wildman–Crippen LogP) is 2.01. The molecule has 0 bridgehead atoms. The highest BCUT2D eigenvalue weighted by Crippen LogP contribution is 2.27. The fraction of sp³-hybridized carbons (Fsp3) is 0.316. The van der Waals surface area contributed by atoms with Crippen molar-refractivity contribution in [1.82, 2.24) is 4.98 Å². The molecule has 0 saturated carbocycles. The summed E-state index contributed by atoms with van der Waals surface area (Å²) in [5, 5.41) is 3.30. The first kappa shape index (κ1) is 19.9. The highest BCUT2D eigenvalue weighted by atomic mass is 32.2. The van der Waals surface area contributed by atoms with Gasteiger partial charge in [-0.3, -0.25) is 9.00 Å². The zero-order chi connectivity index (χ0) is 20.3. The first-order chi connectivity index (χ1) is 13.4. The largest absolute Gasteiger partial charge is 0.481 e. The van der Waals surface area contributed by atoms with Crippen LogP contribution >= 0.6 is 0 Å². The molecule has 28 heavy (non-hydrogen) atoms. The number of methoxy groups -OCH3 is 1. The van der Waals surface area contributed by atoms with Crippen LogP contribution < -0.4 is 10.5 Å². The van der Waals surface area contributed by atoms with Gasteiger partial charge in [0.05, 0.1) is 19.0 Å². The van der Waals surface area contributed by atoms with Crippen molar-refractivity contribution in [2.24, 2.45) is 10.9 Å². The molecule has 3 atom stereocenters. The van der Waals surface area contributed by atoms with Gasteiger partial charge in [-0.2, -0.15) is 0 Å². The van der Waals surface area contributed by atoms with Gasteiger partial charge in [-0.15, -0.1) is 0 Å². The number of ether oxygens (including phenoxy) is 1. The summed E-state index contributed by atoms with van der Waals surface area (Å²) in [5.41, 5.74) is 7.88. The number of hydrogen-bond donors (Lipinski definition) is 1. The maximum Gasteiger partial charge on any atom is 0.233 e. The maximum atomic E-state index is 14.1. The lowest BCUT2D eigenvalue weighted by atomic mass is 9.99. The molecular formula is C19H20FN3O4S. The van der Waals surface area contributed by atoms with Crippen LogP contribution in [0.5, 0.6) is 5.88 Å². The lowest BCUT2D eigenvalue weighted by molar-refractivity contribution is -0.118. The van der Waals surface area contributed by atoms with E-state index in [2.05, 4.69) is 10.1 Å². The standard InChI is InChI=1S/C19H20FN3O4S/c1-26-18-9-14(15(20)10-22-18)11-3-5-12(6-4-11)16-7-13(27-23-16)8-17(19(21)24)28(2)25/h3-6,9-10,13,17H,7-8H2,1-2H3,(H2,21,24)/t13-,17?,28?/m1/s1. The highest BCUT2D eigenvalue weighted by Gasteiger charge is 2.30. The van der Waals surface area contributed by atoms with Gasteiger partial charge in [-0.25, -0.2) is 9.37 Å². The fourth-order valence-corrected chi connectivity index (χ4v) is 3.79. The number of primary amides is 1. The van der Waals surface area contributed by atoms with E-state index in [0.29, 0.717) is 29.1 Å². The number of pyridine rings is 1. The molecule has 3 rings (SSSR count). The Bertz CT molecular complexity index is 919. The van der Waals surface area contributed by atoms with Gasteiger partial charge in [0.25, 0.3) is 0 Å². The van der Waals surface area contributed by atoms with Gasteiger partial charge in [-0.05, 0) is 11.1 Å². The molecule has 0 saturated heterocycles. The molecule has 0 spiro atoms. The number of nitrogens with two attached hydrogens (primary N) is 1. The number of oxime groups is 1. The van der Waals surface area contributed by atoms with E-state index in [-0.39, 0.29) is 12.5 Å². The number of carbonyl (C=O) groups is 1. The molecule has 2 heterocycles. The van der Waals surface area contributed by atoms with E-state index < -0.39 is 27.8 Å². The zero-order valence-corrected chi connectivity index (χ0v) is 16.2.